The number of piperidine rings is 1. The predicted molar refractivity (Wildman–Crippen MR) is 61.6 cm³/mol. The molecule has 0 radical (unpaired) electrons. The van der Waals surface area contributed by atoms with Crippen molar-refractivity contribution in [3.05, 3.63) is 0 Å². The van der Waals surface area contributed by atoms with Gasteiger partial charge < -0.3 is 15.7 Å². The Hall–Kier alpha value is -0.120. The second-order valence-corrected chi connectivity index (χ2v) is 5.40. The van der Waals surface area contributed by atoms with E-state index < -0.39 is 0 Å². The lowest BCUT2D eigenvalue weighted by Crippen LogP contribution is -2.43. The molecule has 1 atom stereocenters. The van der Waals surface area contributed by atoms with Crippen molar-refractivity contribution in [3.8, 4) is 0 Å². The van der Waals surface area contributed by atoms with Gasteiger partial charge in [0.2, 0.25) is 0 Å². The molecule has 0 aromatic heterocycles. The van der Waals surface area contributed by atoms with Gasteiger partial charge in [-0.2, -0.15) is 0 Å². The second kappa shape index (κ2) is 4.81. The van der Waals surface area contributed by atoms with Crippen LogP contribution in [0.3, 0.4) is 0 Å². The van der Waals surface area contributed by atoms with E-state index in [-0.39, 0.29) is 6.10 Å². The maximum atomic E-state index is 9.50. The fourth-order valence-corrected chi connectivity index (χ4v) is 3.21. The Morgan fingerprint density at radius 1 is 1.13 bits per heavy atom. The molecule has 2 fully saturated rings. The van der Waals surface area contributed by atoms with Crippen molar-refractivity contribution in [3.63, 3.8) is 0 Å². The smallest absolute Gasteiger partial charge is 0.0789 e. The number of nitrogens with two attached hydrogens (primary N) is 1. The van der Waals surface area contributed by atoms with Crippen LogP contribution in [0.5, 0.6) is 0 Å². The summed E-state index contributed by atoms with van der Waals surface area (Å²) in [5.41, 5.74) is 6.11. The van der Waals surface area contributed by atoms with Gasteiger partial charge in [-0.15, -0.1) is 0 Å². The summed E-state index contributed by atoms with van der Waals surface area (Å²) in [6.07, 6.45) is 8.11. The number of nitrogens with zero attached hydrogens (tertiary/aromatic N) is 1. The van der Waals surface area contributed by atoms with Gasteiger partial charge in [-0.25, -0.2) is 0 Å². The van der Waals surface area contributed by atoms with Crippen LogP contribution in [0.2, 0.25) is 0 Å². The van der Waals surface area contributed by atoms with Crippen molar-refractivity contribution >= 4 is 0 Å². The summed E-state index contributed by atoms with van der Waals surface area (Å²) in [4.78, 5) is 2.38. The van der Waals surface area contributed by atoms with E-state index in [0.29, 0.717) is 12.0 Å². The van der Waals surface area contributed by atoms with E-state index in [1.54, 1.807) is 0 Å². The average Bonchev–Trinajstić information content (AvgIpc) is 2.70. The van der Waals surface area contributed by atoms with Crippen LogP contribution in [0.15, 0.2) is 0 Å². The number of hydrogen-bond donors (Lipinski definition) is 2. The van der Waals surface area contributed by atoms with Gasteiger partial charge in [0.05, 0.1) is 6.10 Å². The lowest BCUT2D eigenvalue weighted by atomic mass is 9.77. The zero-order chi connectivity index (χ0) is 10.7. The Morgan fingerprint density at radius 3 is 2.27 bits per heavy atom. The minimum atomic E-state index is -0.331. The third-order valence-electron chi connectivity index (χ3n) is 4.32. The van der Waals surface area contributed by atoms with Crippen LogP contribution in [0.25, 0.3) is 0 Å². The lowest BCUT2D eigenvalue weighted by molar-refractivity contribution is 0.0631. The molecule has 15 heavy (non-hydrogen) atoms. The van der Waals surface area contributed by atoms with Crippen LogP contribution in [-0.2, 0) is 0 Å². The normalized spacial score (nSPS) is 28.4. The zero-order valence-electron chi connectivity index (χ0n) is 9.62. The van der Waals surface area contributed by atoms with Crippen molar-refractivity contribution in [1.82, 2.24) is 4.90 Å². The van der Waals surface area contributed by atoms with Gasteiger partial charge in [-0.1, -0.05) is 12.8 Å². The Morgan fingerprint density at radius 2 is 1.73 bits per heavy atom. The minimum Gasteiger partial charge on any atom is -0.390 e. The number of aliphatic hydroxyl groups excluding tert-OH is 1. The molecule has 1 aliphatic heterocycles. The lowest BCUT2D eigenvalue weighted by Gasteiger charge is -2.40. The van der Waals surface area contributed by atoms with Crippen LogP contribution in [-0.4, -0.2) is 42.3 Å². The van der Waals surface area contributed by atoms with Crippen molar-refractivity contribution in [2.75, 3.05) is 26.2 Å². The van der Waals surface area contributed by atoms with Crippen molar-refractivity contribution in [2.45, 2.75) is 44.6 Å². The van der Waals surface area contributed by atoms with Crippen LogP contribution in [0, 0.1) is 5.41 Å². The Labute approximate surface area is 92.6 Å². The molecule has 1 spiro atoms. The minimum absolute atomic E-state index is 0.331. The van der Waals surface area contributed by atoms with E-state index >= 15 is 0 Å². The SMILES string of the molecule is NCC(O)CN1CCC2(CCCC2)CC1. The summed E-state index contributed by atoms with van der Waals surface area (Å²) in [6.45, 7) is 3.49. The summed E-state index contributed by atoms with van der Waals surface area (Å²) in [7, 11) is 0. The maximum absolute atomic E-state index is 9.50. The van der Waals surface area contributed by atoms with Gasteiger partial charge in [0.25, 0.3) is 0 Å². The van der Waals surface area contributed by atoms with Gasteiger partial charge in [0, 0.05) is 13.1 Å². The number of rotatable bonds is 3. The fraction of sp³-hybridized carbons (Fsp3) is 1.00. The Bertz CT molecular complexity index is 192. The van der Waals surface area contributed by atoms with Gasteiger partial charge in [0.15, 0.2) is 0 Å². The molecule has 3 heteroatoms. The first-order valence-corrected chi connectivity index (χ1v) is 6.35. The molecule has 1 saturated heterocycles. The molecule has 3 N–H and O–H groups in total. The highest BCUT2D eigenvalue weighted by Gasteiger charge is 2.36. The third kappa shape index (κ3) is 2.71. The monoisotopic (exact) mass is 212 g/mol. The summed E-state index contributed by atoms with van der Waals surface area (Å²) >= 11 is 0. The molecule has 0 amide bonds. The van der Waals surface area contributed by atoms with E-state index in [0.717, 1.165) is 19.6 Å². The van der Waals surface area contributed by atoms with Gasteiger partial charge in [0.1, 0.15) is 0 Å². The predicted octanol–water partition coefficient (Wildman–Crippen LogP) is 0.962. The molecule has 0 aromatic carbocycles. The molecule has 0 bridgehead atoms. The summed E-state index contributed by atoms with van der Waals surface area (Å²) in [6, 6.07) is 0. The molecule has 0 aromatic rings. The van der Waals surface area contributed by atoms with E-state index in [9.17, 15) is 5.11 Å². The average molecular weight is 212 g/mol. The molecular weight excluding hydrogens is 188 g/mol. The van der Waals surface area contributed by atoms with Crippen molar-refractivity contribution < 1.29 is 5.11 Å². The molecule has 3 nitrogen and oxygen atoms in total. The molecule has 1 heterocycles. The standard InChI is InChI=1S/C12H24N2O/c13-9-11(15)10-14-7-5-12(6-8-14)3-1-2-4-12/h11,15H,1-10,13H2. The van der Waals surface area contributed by atoms with E-state index in [1.807, 2.05) is 0 Å². The highest BCUT2D eigenvalue weighted by Crippen LogP contribution is 2.45. The number of aliphatic hydroxyl groups is 1. The quantitative estimate of drug-likeness (QED) is 0.732. The fourth-order valence-electron chi connectivity index (χ4n) is 3.21. The third-order valence-corrected chi connectivity index (χ3v) is 4.32. The number of likely N-dealkylation sites (tertiary alicyclic amines) is 1. The number of hydrogen-bond acceptors (Lipinski definition) is 3. The van der Waals surface area contributed by atoms with Crippen LogP contribution < -0.4 is 5.73 Å². The van der Waals surface area contributed by atoms with E-state index in [2.05, 4.69) is 4.90 Å². The van der Waals surface area contributed by atoms with Gasteiger partial charge in [-0.05, 0) is 44.2 Å². The highest BCUT2D eigenvalue weighted by molar-refractivity contribution is 4.90. The molecule has 2 aliphatic rings. The highest BCUT2D eigenvalue weighted by atomic mass is 16.3. The Balaban J connectivity index is 1.76. The molecule has 1 unspecified atom stereocenters. The van der Waals surface area contributed by atoms with Gasteiger partial charge in [-0.3, -0.25) is 0 Å². The molecular formula is C12H24N2O. The van der Waals surface area contributed by atoms with Crippen molar-refractivity contribution in [1.29, 1.82) is 0 Å². The van der Waals surface area contributed by atoms with Crippen LogP contribution >= 0.6 is 0 Å². The summed E-state index contributed by atoms with van der Waals surface area (Å²) in [5.74, 6) is 0. The first kappa shape index (κ1) is 11.4. The molecule has 1 aliphatic carbocycles. The maximum Gasteiger partial charge on any atom is 0.0789 e. The molecule has 2 rings (SSSR count). The first-order chi connectivity index (χ1) is 7.24. The first-order valence-electron chi connectivity index (χ1n) is 6.35. The summed E-state index contributed by atoms with van der Waals surface area (Å²) < 4.78 is 0. The zero-order valence-corrected chi connectivity index (χ0v) is 9.62. The van der Waals surface area contributed by atoms with E-state index in [1.165, 1.54) is 38.5 Å². The molecule has 1 saturated carbocycles. The van der Waals surface area contributed by atoms with Crippen LogP contribution in [0.1, 0.15) is 38.5 Å². The topological polar surface area (TPSA) is 49.5 Å². The van der Waals surface area contributed by atoms with Crippen molar-refractivity contribution in [2.24, 2.45) is 11.1 Å². The second-order valence-electron chi connectivity index (χ2n) is 5.40. The summed E-state index contributed by atoms with van der Waals surface area (Å²) in [5, 5.41) is 9.50. The largest absolute Gasteiger partial charge is 0.390 e. The van der Waals surface area contributed by atoms with Gasteiger partial charge >= 0.3 is 0 Å². The van der Waals surface area contributed by atoms with E-state index in [4.69, 9.17) is 5.73 Å². The number of β-amino-alcohol motifs (C(OH)–C–C–N with tert-alkyl or cyclic N) is 1. The van der Waals surface area contributed by atoms with Crippen LogP contribution in [0.4, 0.5) is 0 Å². The molecule has 88 valence electrons. The Kier molecular flexibility index (Phi) is 3.65.